The maximum absolute atomic E-state index is 11.5. The number of carbonyl (C=O) groups excluding carboxylic acids is 1. The normalized spacial score (nSPS) is 12.4. The molecule has 0 saturated heterocycles. The number of carbonyl (C=O) groups is 1. The van der Waals surface area contributed by atoms with Crippen molar-refractivity contribution in [2.24, 2.45) is 11.7 Å². The Labute approximate surface area is 117 Å². The number of thiazole rings is 1. The summed E-state index contributed by atoms with van der Waals surface area (Å²) in [6.07, 6.45) is 0.404. The number of hydrogen-bond acceptors (Lipinski definition) is 5. The Balaban J connectivity index is 2.37. The van der Waals surface area contributed by atoms with Crippen molar-refractivity contribution in [1.29, 1.82) is 0 Å². The molecule has 102 valence electrons. The standard InChI is InChI=1S/C12H21N3OS2/c1-9(5-13)6-17-7-10-8-18-11(14-10)4-12(16)15(2)3/h8-9H,4-7,13H2,1-3H3. The lowest BCUT2D eigenvalue weighted by Gasteiger charge is -2.08. The molecule has 1 aromatic rings. The van der Waals surface area contributed by atoms with E-state index in [1.54, 1.807) is 30.3 Å². The highest BCUT2D eigenvalue weighted by Gasteiger charge is 2.09. The van der Waals surface area contributed by atoms with Gasteiger partial charge in [-0.3, -0.25) is 4.79 Å². The lowest BCUT2D eigenvalue weighted by molar-refractivity contribution is -0.127. The Bertz CT molecular complexity index is 379. The molecule has 0 radical (unpaired) electrons. The van der Waals surface area contributed by atoms with E-state index in [0.29, 0.717) is 12.3 Å². The first-order chi connectivity index (χ1) is 8.52. The molecule has 0 aliphatic carbocycles. The Kier molecular flexibility index (Phi) is 6.67. The maximum Gasteiger partial charge on any atom is 0.228 e. The van der Waals surface area contributed by atoms with E-state index in [-0.39, 0.29) is 5.91 Å². The van der Waals surface area contributed by atoms with E-state index < -0.39 is 0 Å². The van der Waals surface area contributed by atoms with Gasteiger partial charge in [0.15, 0.2) is 0 Å². The molecule has 1 unspecified atom stereocenters. The van der Waals surface area contributed by atoms with Gasteiger partial charge in [0.1, 0.15) is 5.01 Å². The fourth-order valence-corrected chi connectivity index (χ4v) is 3.12. The second-order valence-corrected chi connectivity index (χ2v) is 6.53. The van der Waals surface area contributed by atoms with Gasteiger partial charge in [-0.25, -0.2) is 4.98 Å². The average Bonchev–Trinajstić information content (AvgIpc) is 2.76. The van der Waals surface area contributed by atoms with Crippen LogP contribution in [0.25, 0.3) is 0 Å². The topological polar surface area (TPSA) is 59.2 Å². The Morgan fingerprint density at radius 1 is 1.61 bits per heavy atom. The molecule has 0 spiro atoms. The Morgan fingerprint density at radius 2 is 2.33 bits per heavy atom. The molecule has 6 heteroatoms. The predicted octanol–water partition coefficient (Wildman–Crippen LogP) is 1.60. The van der Waals surface area contributed by atoms with Crippen molar-refractivity contribution in [2.45, 2.75) is 19.1 Å². The number of hydrogen-bond donors (Lipinski definition) is 1. The van der Waals surface area contributed by atoms with E-state index in [1.165, 1.54) is 0 Å². The van der Waals surface area contributed by atoms with Crippen LogP contribution in [0.5, 0.6) is 0 Å². The Hall–Kier alpha value is -0.590. The van der Waals surface area contributed by atoms with Gasteiger partial charge < -0.3 is 10.6 Å². The number of amides is 1. The van der Waals surface area contributed by atoms with Gasteiger partial charge in [0.25, 0.3) is 0 Å². The van der Waals surface area contributed by atoms with Crippen LogP contribution in [0, 0.1) is 5.92 Å². The third kappa shape index (κ3) is 5.37. The van der Waals surface area contributed by atoms with Crippen molar-refractivity contribution in [3.05, 3.63) is 16.1 Å². The zero-order chi connectivity index (χ0) is 13.5. The fraction of sp³-hybridized carbons (Fsp3) is 0.667. The van der Waals surface area contributed by atoms with Crippen LogP contribution in [0.2, 0.25) is 0 Å². The average molecular weight is 287 g/mol. The molecule has 0 bridgehead atoms. The summed E-state index contributed by atoms with van der Waals surface area (Å²) in [5.41, 5.74) is 6.64. The quantitative estimate of drug-likeness (QED) is 0.827. The fourth-order valence-electron chi connectivity index (χ4n) is 1.22. The minimum atomic E-state index is 0.0975. The SMILES string of the molecule is CC(CN)CSCc1csc(CC(=O)N(C)C)n1. The van der Waals surface area contributed by atoms with Crippen LogP contribution in [0.1, 0.15) is 17.6 Å². The van der Waals surface area contributed by atoms with Crippen LogP contribution in [-0.2, 0) is 17.0 Å². The molecule has 0 aliphatic heterocycles. The molecule has 1 rings (SSSR count). The molecule has 1 amide bonds. The molecule has 4 nitrogen and oxygen atoms in total. The lowest BCUT2D eigenvalue weighted by Crippen LogP contribution is -2.23. The van der Waals surface area contributed by atoms with Crippen molar-refractivity contribution in [2.75, 3.05) is 26.4 Å². The molecular weight excluding hydrogens is 266 g/mol. The molecule has 0 aromatic carbocycles. The molecule has 18 heavy (non-hydrogen) atoms. The summed E-state index contributed by atoms with van der Waals surface area (Å²) in [6.45, 7) is 2.88. The van der Waals surface area contributed by atoms with Gasteiger partial charge in [-0.1, -0.05) is 6.92 Å². The second kappa shape index (κ2) is 7.76. The number of likely N-dealkylation sites (N-methyl/N-ethyl adjacent to an activating group) is 1. The van der Waals surface area contributed by atoms with E-state index in [9.17, 15) is 4.79 Å². The molecule has 2 N–H and O–H groups in total. The smallest absolute Gasteiger partial charge is 0.228 e. The van der Waals surface area contributed by atoms with Crippen LogP contribution in [-0.4, -0.2) is 42.2 Å². The first-order valence-corrected chi connectivity index (χ1v) is 7.97. The van der Waals surface area contributed by atoms with Crippen LogP contribution in [0.15, 0.2) is 5.38 Å². The molecule has 0 aliphatic rings. The summed E-state index contributed by atoms with van der Waals surface area (Å²) < 4.78 is 0. The van der Waals surface area contributed by atoms with E-state index in [4.69, 9.17) is 5.73 Å². The van der Waals surface area contributed by atoms with Crippen LogP contribution in [0.3, 0.4) is 0 Å². The van der Waals surface area contributed by atoms with Crippen LogP contribution >= 0.6 is 23.1 Å². The zero-order valence-corrected chi connectivity index (χ0v) is 12.8. The first kappa shape index (κ1) is 15.5. The Morgan fingerprint density at radius 3 is 2.94 bits per heavy atom. The summed E-state index contributed by atoms with van der Waals surface area (Å²) in [5, 5.41) is 2.94. The van der Waals surface area contributed by atoms with Gasteiger partial charge in [-0.2, -0.15) is 11.8 Å². The molecule has 0 fully saturated rings. The predicted molar refractivity (Wildman–Crippen MR) is 78.9 cm³/mol. The largest absolute Gasteiger partial charge is 0.348 e. The van der Waals surface area contributed by atoms with E-state index in [0.717, 1.165) is 28.8 Å². The van der Waals surface area contributed by atoms with E-state index in [2.05, 4.69) is 11.9 Å². The summed E-state index contributed by atoms with van der Waals surface area (Å²) in [5.74, 6) is 2.60. The number of rotatable bonds is 7. The highest BCUT2D eigenvalue weighted by molar-refractivity contribution is 7.98. The molecule has 0 saturated carbocycles. The van der Waals surface area contributed by atoms with Gasteiger partial charge in [-0.05, 0) is 18.2 Å². The summed E-state index contributed by atoms with van der Waals surface area (Å²) >= 11 is 3.41. The maximum atomic E-state index is 11.5. The highest BCUT2D eigenvalue weighted by atomic mass is 32.2. The monoisotopic (exact) mass is 287 g/mol. The second-order valence-electron chi connectivity index (χ2n) is 4.55. The first-order valence-electron chi connectivity index (χ1n) is 5.94. The van der Waals surface area contributed by atoms with Gasteiger partial charge in [0, 0.05) is 25.2 Å². The van der Waals surface area contributed by atoms with Crippen molar-refractivity contribution in [1.82, 2.24) is 9.88 Å². The number of thioether (sulfide) groups is 1. The number of nitrogens with two attached hydrogens (primary N) is 1. The molecule has 1 atom stereocenters. The number of nitrogens with zero attached hydrogens (tertiary/aromatic N) is 2. The van der Waals surface area contributed by atoms with Crippen molar-refractivity contribution in [3.8, 4) is 0 Å². The van der Waals surface area contributed by atoms with Gasteiger partial charge >= 0.3 is 0 Å². The van der Waals surface area contributed by atoms with E-state index >= 15 is 0 Å². The van der Waals surface area contributed by atoms with Gasteiger partial charge in [0.2, 0.25) is 5.91 Å². The summed E-state index contributed by atoms with van der Waals surface area (Å²) in [4.78, 5) is 17.6. The van der Waals surface area contributed by atoms with Crippen molar-refractivity contribution < 1.29 is 4.79 Å². The minimum Gasteiger partial charge on any atom is -0.348 e. The lowest BCUT2D eigenvalue weighted by atomic mass is 10.2. The minimum absolute atomic E-state index is 0.0975. The van der Waals surface area contributed by atoms with Crippen LogP contribution in [0.4, 0.5) is 0 Å². The zero-order valence-electron chi connectivity index (χ0n) is 11.2. The molecule has 1 heterocycles. The molecule has 1 aromatic heterocycles. The summed E-state index contributed by atoms with van der Waals surface area (Å²) in [6, 6.07) is 0. The third-order valence-electron chi connectivity index (χ3n) is 2.46. The van der Waals surface area contributed by atoms with Crippen molar-refractivity contribution in [3.63, 3.8) is 0 Å². The van der Waals surface area contributed by atoms with Gasteiger partial charge in [-0.15, -0.1) is 11.3 Å². The van der Waals surface area contributed by atoms with Crippen molar-refractivity contribution >= 4 is 29.0 Å². The third-order valence-corrected chi connectivity index (χ3v) is 4.66. The number of aromatic nitrogens is 1. The van der Waals surface area contributed by atoms with Gasteiger partial charge in [0.05, 0.1) is 12.1 Å². The molecular formula is C12H21N3OS2. The van der Waals surface area contributed by atoms with Crippen LogP contribution < -0.4 is 5.73 Å². The van der Waals surface area contributed by atoms with E-state index in [1.807, 2.05) is 17.1 Å². The highest BCUT2D eigenvalue weighted by Crippen LogP contribution is 2.18. The summed E-state index contributed by atoms with van der Waals surface area (Å²) in [7, 11) is 3.53.